The molecule has 2 aliphatic carbocycles. The summed E-state index contributed by atoms with van der Waals surface area (Å²) in [5, 5.41) is 3.44. The predicted molar refractivity (Wildman–Crippen MR) is 297 cm³/mol. The van der Waals surface area contributed by atoms with Gasteiger partial charge in [0.2, 0.25) is 5.67 Å². The van der Waals surface area contributed by atoms with Crippen molar-refractivity contribution in [1.82, 2.24) is 0 Å². The standard InChI is InChI=1S/C29H20BrF11N2O4S.C29H24F8N2O4S/c1-48(46,47)17-9-7-15(8-10-17)25(45)43(13-14-5-6-14)21-4-2-3-18(22(21)31)24(44)42-23-19(27(33,34)35)11-16(12-20(23)30)26(32,28(36,37)38)29(39,40)41;1-27(31,29(35,36)37)18-10-13-22(21(14-18)28(32,33)34)38-25(40)20-4-3-5-23(24(20)30)39(15-16-6-7-16)26(41)17-8-11-19(12-9-17)44(2,42)43/h2-4,7-12,14H,5-6,13H2,1H3,(H,42,44);3-5,8-14,16H,6-7,15H2,1-2H3,(H,38,40). The molecule has 496 valence electrons. The lowest BCUT2D eigenvalue weighted by atomic mass is 9.92. The molecule has 6 aromatic rings. The van der Waals surface area contributed by atoms with Crippen LogP contribution in [0.4, 0.5) is 106 Å². The van der Waals surface area contributed by atoms with E-state index in [0.29, 0.717) is 25.0 Å². The smallest absolute Gasteiger partial charge is 0.321 e. The number of hydrogen-bond donors (Lipinski definition) is 2. The first kappa shape index (κ1) is 71.7. The first-order valence-electron chi connectivity index (χ1n) is 26.2. The van der Waals surface area contributed by atoms with Crippen LogP contribution in [0.3, 0.4) is 0 Å². The molecule has 2 aliphatic rings. The average Bonchev–Trinajstić information content (AvgIpc) is 1.34. The van der Waals surface area contributed by atoms with Crippen LogP contribution in [0.1, 0.15) is 96.3 Å². The number of nitrogens with one attached hydrogen (secondary N) is 2. The van der Waals surface area contributed by atoms with Gasteiger partial charge in [-0.3, -0.25) is 19.2 Å². The number of carbonyl (C=O) groups excluding carboxylic acids is 4. The van der Waals surface area contributed by atoms with Crippen LogP contribution in [-0.2, 0) is 43.4 Å². The van der Waals surface area contributed by atoms with Crippen molar-refractivity contribution in [2.75, 3.05) is 46.0 Å². The summed E-state index contributed by atoms with van der Waals surface area (Å²) in [6.07, 6.45) is -25.5. The van der Waals surface area contributed by atoms with E-state index < -0.39 is 158 Å². The highest BCUT2D eigenvalue weighted by Gasteiger charge is 2.74. The molecule has 12 nitrogen and oxygen atoms in total. The van der Waals surface area contributed by atoms with Crippen LogP contribution in [0, 0.1) is 23.5 Å². The van der Waals surface area contributed by atoms with Crippen LogP contribution in [0.2, 0.25) is 0 Å². The normalized spacial score (nSPS) is 14.9. The molecule has 0 aliphatic heterocycles. The summed E-state index contributed by atoms with van der Waals surface area (Å²) in [7, 11) is -7.21. The first-order valence-corrected chi connectivity index (χ1v) is 30.8. The first-order chi connectivity index (χ1) is 42.1. The van der Waals surface area contributed by atoms with Crippen molar-refractivity contribution in [3.63, 3.8) is 0 Å². The molecule has 0 radical (unpaired) electrons. The zero-order valence-electron chi connectivity index (χ0n) is 46.9. The van der Waals surface area contributed by atoms with Gasteiger partial charge in [-0.25, -0.2) is 34.4 Å². The number of anilines is 4. The molecule has 6 aromatic carbocycles. The second-order valence-electron chi connectivity index (χ2n) is 21.3. The molecule has 1 unspecified atom stereocenters. The molecule has 0 bridgehead atoms. The number of halogens is 20. The average molecular weight is 1430 g/mol. The van der Waals surface area contributed by atoms with Gasteiger partial charge in [-0.05, 0) is 163 Å². The number of carbonyl (C=O) groups is 4. The highest BCUT2D eigenvalue weighted by Crippen LogP contribution is 2.55. The van der Waals surface area contributed by atoms with E-state index in [-0.39, 0.29) is 70.6 Å². The van der Waals surface area contributed by atoms with Crippen molar-refractivity contribution in [3.8, 4) is 0 Å². The maximum atomic E-state index is 15.9. The Morgan fingerprint density at radius 2 is 0.880 bits per heavy atom. The number of rotatable bonds is 16. The molecule has 92 heavy (non-hydrogen) atoms. The van der Waals surface area contributed by atoms with E-state index >= 15 is 8.78 Å². The Bertz CT molecular complexity index is 4060. The summed E-state index contributed by atoms with van der Waals surface area (Å²) in [5.74, 6) is -7.46. The molecule has 34 heteroatoms. The van der Waals surface area contributed by atoms with Crippen molar-refractivity contribution in [3.05, 3.63) is 176 Å². The van der Waals surface area contributed by atoms with Gasteiger partial charge in [0.25, 0.3) is 23.6 Å². The van der Waals surface area contributed by atoms with Crippen molar-refractivity contribution >= 4 is 82.0 Å². The third-order valence-electron chi connectivity index (χ3n) is 14.3. The van der Waals surface area contributed by atoms with E-state index in [1.165, 1.54) is 36.4 Å². The molecule has 2 N–H and O–H groups in total. The minimum atomic E-state index is -6.75. The predicted octanol–water partition coefficient (Wildman–Crippen LogP) is 15.9. The molecule has 8 rings (SSSR count). The molecule has 2 fully saturated rings. The van der Waals surface area contributed by atoms with E-state index in [9.17, 15) is 111 Å². The van der Waals surface area contributed by atoms with Crippen LogP contribution < -0.4 is 20.4 Å². The van der Waals surface area contributed by atoms with Crippen LogP contribution >= 0.6 is 15.9 Å². The van der Waals surface area contributed by atoms with Gasteiger partial charge in [0.05, 0.1) is 54.8 Å². The molecular weight excluding hydrogens is 1390 g/mol. The number of sulfone groups is 2. The van der Waals surface area contributed by atoms with Gasteiger partial charge in [0, 0.05) is 46.8 Å². The van der Waals surface area contributed by atoms with Gasteiger partial charge >= 0.3 is 36.6 Å². The molecule has 0 heterocycles. The number of amides is 4. The molecule has 1 atom stereocenters. The van der Waals surface area contributed by atoms with Gasteiger partial charge in [0.15, 0.2) is 31.3 Å². The Labute approximate surface area is 517 Å². The SMILES string of the molecule is CC(F)(c1ccc(NC(=O)c2cccc(N(CC3CC3)C(=O)c3ccc(S(C)(=O)=O)cc3)c2F)c(C(F)(F)F)c1)C(F)(F)F.CS(=O)(=O)c1ccc(C(=O)N(CC2CC2)c2cccc(C(=O)Nc3c(Br)cc(C(F)(C(F)(F)F)C(F)(F)F)cc3C(F)(F)F)c2F)cc1. The van der Waals surface area contributed by atoms with E-state index in [1.54, 1.807) is 5.32 Å². The molecule has 0 spiro atoms. The number of nitrogens with zero attached hydrogens (tertiary/aromatic N) is 2. The summed E-state index contributed by atoms with van der Waals surface area (Å²) < 4.78 is 309. The Hall–Kier alpha value is -7.75. The van der Waals surface area contributed by atoms with E-state index in [0.717, 1.165) is 83.7 Å². The molecule has 0 aromatic heterocycles. The lowest BCUT2D eigenvalue weighted by Gasteiger charge is -2.31. The van der Waals surface area contributed by atoms with Crippen molar-refractivity contribution in [2.45, 2.75) is 84.6 Å². The van der Waals surface area contributed by atoms with Gasteiger partial charge in [-0.2, -0.15) is 65.9 Å². The zero-order chi connectivity index (χ0) is 69.0. The fraction of sp³-hybridized carbons (Fsp3) is 0.310. The summed E-state index contributed by atoms with van der Waals surface area (Å²) >= 11 is 2.37. The van der Waals surface area contributed by atoms with Gasteiger partial charge in [-0.15, -0.1) is 0 Å². The van der Waals surface area contributed by atoms with Crippen LogP contribution in [0.25, 0.3) is 0 Å². The third kappa shape index (κ3) is 15.7. The Morgan fingerprint density at radius 1 is 0.500 bits per heavy atom. The Morgan fingerprint density at radius 3 is 1.23 bits per heavy atom. The highest BCUT2D eigenvalue weighted by atomic mass is 79.9. The largest absolute Gasteiger partial charge is 0.435 e. The van der Waals surface area contributed by atoms with Crippen molar-refractivity contribution in [2.24, 2.45) is 11.8 Å². The number of hydrogen-bond acceptors (Lipinski definition) is 8. The molecular formula is C58H44BrF19N4O8S2. The minimum absolute atomic E-state index is 0.000864. The number of alkyl halides is 17. The number of benzene rings is 6. The van der Waals surface area contributed by atoms with E-state index in [1.807, 2.05) is 5.32 Å². The van der Waals surface area contributed by atoms with Crippen LogP contribution in [0.15, 0.2) is 130 Å². The summed E-state index contributed by atoms with van der Waals surface area (Å²) in [6, 6.07) is 15.4. The summed E-state index contributed by atoms with van der Waals surface area (Å²) in [6.45, 7) is -0.00479. The van der Waals surface area contributed by atoms with Crippen molar-refractivity contribution in [1.29, 1.82) is 0 Å². The molecule has 2 saturated carbocycles. The van der Waals surface area contributed by atoms with Crippen LogP contribution in [-0.4, -0.2) is 84.6 Å². The topological polar surface area (TPSA) is 167 Å². The quantitative estimate of drug-likeness (QED) is 0.0903. The highest BCUT2D eigenvalue weighted by molar-refractivity contribution is 9.10. The second kappa shape index (κ2) is 25.6. The Kier molecular flexibility index (Phi) is 20.0. The fourth-order valence-corrected chi connectivity index (χ4v) is 10.7. The lowest BCUT2D eigenvalue weighted by molar-refractivity contribution is -0.348. The Balaban J connectivity index is 0.000000262. The molecule has 4 amide bonds. The van der Waals surface area contributed by atoms with E-state index in [2.05, 4.69) is 15.9 Å². The molecule has 0 saturated heterocycles. The minimum Gasteiger partial charge on any atom is -0.321 e. The zero-order valence-corrected chi connectivity index (χ0v) is 50.1. The van der Waals surface area contributed by atoms with Gasteiger partial charge in [-0.1, -0.05) is 18.2 Å². The second-order valence-corrected chi connectivity index (χ2v) is 26.2. The maximum Gasteiger partial charge on any atom is 0.435 e. The van der Waals surface area contributed by atoms with Gasteiger partial charge < -0.3 is 20.4 Å². The van der Waals surface area contributed by atoms with Crippen molar-refractivity contribution < 1.29 is 119 Å². The van der Waals surface area contributed by atoms with Gasteiger partial charge in [0.1, 0.15) is 0 Å². The lowest BCUT2D eigenvalue weighted by Crippen LogP contribution is -2.50. The van der Waals surface area contributed by atoms with Crippen LogP contribution in [0.5, 0.6) is 0 Å². The third-order valence-corrected chi connectivity index (χ3v) is 17.2. The monoisotopic (exact) mass is 1430 g/mol. The van der Waals surface area contributed by atoms with E-state index in [4.69, 9.17) is 0 Å². The fourth-order valence-electron chi connectivity index (χ4n) is 8.87. The maximum absolute atomic E-state index is 15.9. The summed E-state index contributed by atoms with van der Waals surface area (Å²) in [5.41, 5.74) is -23.6. The summed E-state index contributed by atoms with van der Waals surface area (Å²) in [4.78, 5) is 54.7.